The first-order valence-electron chi connectivity index (χ1n) is 10.6. The van der Waals surface area contributed by atoms with E-state index in [1.54, 1.807) is 0 Å². The minimum atomic E-state index is -0.104. The van der Waals surface area contributed by atoms with Gasteiger partial charge in [0, 0.05) is 17.8 Å². The summed E-state index contributed by atoms with van der Waals surface area (Å²) in [5, 5.41) is 13.5. The van der Waals surface area contributed by atoms with Crippen molar-refractivity contribution in [1.82, 2.24) is 5.32 Å². The number of rotatable bonds is 4. The zero-order valence-electron chi connectivity index (χ0n) is 16.4. The van der Waals surface area contributed by atoms with Crippen LogP contribution in [0.15, 0.2) is 48.5 Å². The molecule has 1 saturated carbocycles. The minimum Gasteiger partial charge on any atom is -0.393 e. The van der Waals surface area contributed by atoms with Crippen LogP contribution < -0.4 is 10.2 Å². The molecular weight excluding hydrogens is 332 g/mol. The van der Waals surface area contributed by atoms with Crippen molar-refractivity contribution in [3.05, 3.63) is 54.1 Å². The second-order valence-electron chi connectivity index (χ2n) is 8.17. The molecule has 2 aliphatic rings. The van der Waals surface area contributed by atoms with Crippen LogP contribution in [0.5, 0.6) is 0 Å². The first-order valence-corrected chi connectivity index (χ1v) is 10.6. The van der Waals surface area contributed by atoms with Gasteiger partial charge >= 0.3 is 0 Å². The van der Waals surface area contributed by atoms with E-state index in [0.29, 0.717) is 12.1 Å². The van der Waals surface area contributed by atoms with E-state index in [9.17, 15) is 5.11 Å². The van der Waals surface area contributed by atoms with E-state index in [-0.39, 0.29) is 6.10 Å². The van der Waals surface area contributed by atoms with E-state index >= 15 is 0 Å². The number of anilines is 1. The molecule has 2 fully saturated rings. The predicted octanol–water partition coefficient (Wildman–Crippen LogP) is 4.52. The standard InChI is InChI=1S/C24H32N2O/c1-18-23(19-6-3-2-4-7-19)8-5-9-24(18)26(21-14-16-25-17-15-21)20-10-12-22(27)13-11-20/h2-9,20-22,25,27H,10-17H2,1H3. The van der Waals surface area contributed by atoms with Gasteiger partial charge in [0.25, 0.3) is 0 Å². The maximum absolute atomic E-state index is 10.0. The van der Waals surface area contributed by atoms with E-state index in [4.69, 9.17) is 0 Å². The molecule has 2 aromatic carbocycles. The Morgan fingerprint density at radius 1 is 0.815 bits per heavy atom. The highest BCUT2D eigenvalue weighted by Gasteiger charge is 2.32. The van der Waals surface area contributed by atoms with Crippen molar-refractivity contribution >= 4 is 5.69 Å². The summed E-state index contributed by atoms with van der Waals surface area (Å²) < 4.78 is 0. The summed E-state index contributed by atoms with van der Waals surface area (Å²) in [5.74, 6) is 0. The van der Waals surface area contributed by atoms with Gasteiger partial charge in [0.1, 0.15) is 0 Å². The van der Waals surface area contributed by atoms with Crippen LogP contribution in [0.4, 0.5) is 5.69 Å². The smallest absolute Gasteiger partial charge is 0.0541 e. The van der Waals surface area contributed by atoms with Gasteiger partial charge in [-0.15, -0.1) is 0 Å². The molecule has 1 saturated heterocycles. The van der Waals surface area contributed by atoms with Crippen LogP contribution in [-0.2, 0) is 0 Å². The zero-order valence-corrected chi connectivity index (χ0v) is 16.4. The molecule has 3 heteroatoms. The molecule has 0 radical (unpaired) electrons. The molecule has 0 amide bonds. The Morgan fingerprint density at radius 3 is 2.19 bits per heavy atom. The fourth-order valence-electron chi connectivity index (χ4n) is 4.95. The van der Waals surface area contributed by atoms with Crippen molar-refractivity contribution in [2.75, 3.05) is 18.0 Å². The normalized spacial score (nSPS) is 23.9. The average molecular weight is 365 g/mol. The lowest BCUT2D eigenvalue weighted by atomic mass is 9.88. The molecule has 0 bridgehead atoms. The predicted molar refractivity (Wildman–Crippen MR) is 113 cm³/mol. The summed E-state index contributed by atoms with van der Waals surface area (Å²) in [6, 6.07) is 18.7. The molecule has 1 aliphatic heterocycles. The Balaban J connectivity index is 1.71. The van der Waals surface area contributed by atoms with E-state index < -0.39 is 0 Å². The molecule has 4 rings (SSSR count). The number of benzene rings is 2. The molecule has 144 valence electrons. The van der Waals surface area contributed by atoms with E-state index in [0.717, 1.165) is 38.8 Å². The molecular formula is C24H32N2O. The third-order valence-electron chi connectivity index (χ3n) is 6.43. The van der Waals surface area contributed by atoms with Crippen molar-refractivity contribution in [2.45, 2.75) is 63.6 Å². The summed E-state index contributed by atoms with van der Waals surface area (Å²) in [4.78, 5) is 2.73. The van der Waals surface area contributed by atoms with Crippen molar-refractivity contribution < 1.29 is 5.11 Å². The number of hydrogen-bond acceptors (Lipinski definition) is 3. The summed E-state index contributed by atoms with van der Waals surface area (Å²) in [7, 11) is 0. The molecule has 0 atom stereocenters. The lowest BCUT2D eigenvalue weighted by Gasteiger charge is -2.45. The topological polar surface area (TPSA) is 35.5 Å². The lowest BCUT2D eigenvalue weighted by molar-refractivity contribution is 0.119. The van der Waals surface area contributed by atoms with E-state index in [2.05, 4.69) is 65.7 Å². The van der Waals surface area contributed by atoms with Crippen LogP contribution in [0.1, 0.15) is 44.1 Å². The van der Waals surface area contributed by atoms with Gasteiger partial charge in [0.2, 0.25) is 0 Å². The van der Waals surface area contributed by atoms with E-state index in [1.807, 2.05) is 0 Å². The van der Waals surface area contributed by atoms with Gasteiger partial charge in [-0.25, -0.2) is 0 Å². The first-order chi connectivity index (χ1) is 13.2. The number of nitrogens with one attached hydrogen (secondary N) is 1. The largest absolute Gasteiger partial charge is 0.393 e. The van der Waals surface area contributed by atoms with Crippen molar-refractivity contribution in [1.29, 1.82) is 0 Å². The average Bonchev–Trinajstić information content (AvgIpc) is 2.72. The Morgan fingerprint density at radius 2 is 1.48 bits per heavy atom. The molecule has 1 aliphatic carbocycles. The van der Waals surface area contributed by atoms with Gasteiger partial charge in [-0.3, -0.25) is 0 Å². The number of piperidine rings is 1. The number of aliphatic hydroxyl groups is 1. The number of aliphatic hydroxyl groups excluding tert-OH is 1. The molecule has 2 N–H and O–H groups in total. The Hall–Kier alpha value is -1.84. The molecule has 1 heterocycles. The zero-order chi connectivity index (χ0) is 18.6. The van der Waals surface area contributed by atoms with Gasteiger partial charge < -0.3 is 15.3 Å². The van der Waals surface area contributed by atoms with Gasteiger partial charge in [0.15, 0.2) is 0 Å². The fraction of sp³-hybridized carbons (Fsp3) is 0.500. The van der Waals surface area contributed by atoms with Crippen LogP contribution in [0.2, 0.25) is 0 Å². The summed E-state index contributed by atoms with van der Waals surface area (Å²) in [6.45, 7) is 4.49. The third kappa shape index (κ3) is 4.04. The Labute approximate surface area is 163 Å². The highest BCUT2D eigenvalue weighted by Crippen LogP contribution is 2.37. The fourth-order valence-corrected chi connectivity index (χ4v) is 4.95. The Bertz CT molecular complexity index is 731. The van der Waals surface area contributed by atoms with Gasteiger partial charge in [0.05, 0.1) is 6.10 Å². The number of nitrogens with zero attached hydrogens (tertiary/aromatic N) is 1. The SMILES string of the molecule is Cc1c(-c2ccccc2)cccc1N(C1CCNCC1)C1CCC(O)CC1. The lowest BCUT2D eigenvalue weighted by Crippen LogP contribution is -2.50. The van der Waals surface area contributed by atoms with Crippen LogP contribution in [0.25, 0.3) is 11.1 Å². The third-order valence-corrected chi connectivity index (χ3v) is 6.43. The summed E-state index contributed by atoms with van der Waals surface area (Å²) in [5.41, 5.74) is 5.40. The monoisotopic (exact) mass is 364 g/mol. The first kappa shape index (κ1) is 18.5. The van der Waals surface area contributed by atoms with Crippen LogP contribution in [0, 0.1) is 6.92 Å². The molecule has 3 nitrogen and oxygen atoms in total. The minimum absolute atomic E-state index is 0.104. The summed E-state index contributed by atoms with van der Waals surface area (Å²) in [6.07, 6.45) is 6.36. The highest BCUT2D eigenvalue weighted by atomic mass is 16.3. The molecule has 27 heavy (non-hydrogen) atoms. The highest BCUT2D eigenvalue weighted by molar-refractivity contribution is 5.74. The van der Waals surface area contributed by atoms with Gasteiger partial charge in [-0.1, -0.05) is 42.5 Å². The van der Waals surface area contributed by atoms with Gasteiger partial charge in [-0.05, 0) is 81.3 Å². The maximum atomic E-state index is 10.0. The molecule has 0 unspecified atom stereocenters. The van der Waals surface area contributed by atoms with Crippen LogP contribution in [0.3, 0.4) is 0 Å². The van der Waals surface area contributed by atoms with Gasteiger partial charge in [-0.2, -0.15) is 0 Å². The van der Waals surface area contributed by atoms with E-state index in [1.165, 1.54) is 35.2 Å². The van der Waals surface area contributed by atoms with Crippen LogP contribution >= 0.6 is 0 Å². The molecule has 0 spiro atoms. The Kier molecular flexibility index (Phi) is 5.80. The maximum Gasteiger partial charge on any atom is 0.0541 e. The van der Waals surface area contributed by atoms with Crippen molar-refractivity contribution in [3.63, 3.8) is 0 Å². The number of hydrogen-bond donors (Lipinski definition) is 2. The molecule has 0 aromatic heterocycles. The molecule has 2 aromatic rings. The second kappa shape index (κ2) is 8.45. The second-order valence-corrected chi connectivity index (χ2v) is 8.17. The summed E-state index contributed by atoms with van der Waals surface area (Å²) >= 11 is 0. The van der Waals surface area contributed by atoms with Crippen molar-refractivity contribution in [2.24, 2.45) is 0 Å². The van der Waals surface area contributed by atoms with Crippen molar-refractivity contribution in [3.8, 4) is 11.1 Å². The quantitative estimate of drug-likeness (QED) is 0.837. The van der Waals surface area contributed by atoms with Crippen LogP contribution in [-0.4, -0.2) is 36.4 Å².